The van der Waals surface area contributed by atoms with E-state index in [0.717, 1.165) is 5.39 Å². The lowest BCUT2D eigenvalue weighted by Gasteiger charge is -2.38. The normalized spacial score (nSPS) is 17.7. The Balaban J connectivity index is 1.33. The highest BCUT2D eigenvalue weighted by Gasteiger charge is 2.33. The van der Waals surface area contributed by atoms with Gasteiger partial charge in [0.15, 0.2) is 0 Å². The molecule has 0 spiro atoms. The van der Waals surface area contributed by atoms with Gasteiger partial charge in [0.05, 0.1) is 6.07 Å². The molecule has 2 aromatic carbocycles. The number of nitriles is 1. The summed E-state index contributed by atoms with van der Waals surface area (Å²) < 4.78 is 0. The van der Waals surface area contributed by atoms with E-state index in [1.807, 2.05) is 43.0 Å². The van der Waals surface area contributed by atoms with Gasteiger partial charge in [-0.1, -0.05) is 38.1 Å². The maximum atomic E-state index is 13.0. The maximum absolute atomic E-state index is 13.0. The molecule has 2 heterocycles. The summed E-state index contributed by atoms with van der Waals surface area (Å²) in [5, 5.41) is 11.0. The lowest BCUT2D eigenvalue weighted by Crippen LogP contribution is -2.52. The van der Waals surface area contributed by atoms with E-state index in [1.165, 1.54) is 4.90 Å². The SMILES string of the molecule is CC(C)C(C#N)N1CCN(C(=O)CCCN2C(=O)c3cccc4cccc(c34)C2=O)CC1. The number of rotatable bonds is 6. The van der Waals surface area contributed by atoms with Crippen LogP contribution in [0.5, 0.6) is 0 Å². The zero-order chi connectivity index (χ0) is 22.8. The van der Waals surface area contributed by atoms with Gasteiger partial charge < -0.3 is 4.90 Å². The second-order valence-electron chi connectivity index (χ2n) is 8.81. The number of carbonyl (C=O) groups excluding carboxylic acids is 3. The Bertz CT molecular complexity index is 1050. The molecule has 1 fully saturated rings. The first kappa shape index (κ1) is 22.0. The molecule has 0 bridgehead atoms. The zero-order valence-corrected chi connectivity index (χ0v) is 18.6. The van der Waals surface area contributed by atoms with Gasteiger partial charge in [-0.2, -0.15) is 5.26 Å². The van der Waals surface area contributed by atoms with Gasteiger partial charge in [-0.15, -0.1) is 0 Å². The second kappa shape index (κ2) is 9.09. The number of hydrogen-bond donors (Lipinski definition) is 0. The van der Waals surface area contributed by atoms with E-state index >= 15 is 0 Å². The van der Waals surface area contributed by atoms with Crippen LogP contribution >= 0.6 is 0 Å². The Labute approximate surface area is 188 Å². The van der Waals surface area contributed by atoms with Crippen LogP contribution in [0.4, 0.5) is 0 Å². The van der Waals surface area contributed by atoms with Crippen molar-refractivity contribution in [3.05, 3.63) is 47.5 Å². The Morgan fingerprint density at radius 2 is 1.59 bits per heavy atom. The van der Waals surface area contributed by atoms with Crippen LogP contribution in [0.2, 0.25) is 0 Å². The number of amides is 3. The van der Waals surface area contributed by atoms with Gasteiger partial charge in [0.25, 0.3) is 11.8 Å². The van der Waals surface area contributed by atoms with Gasteiger partial charge in [0.1, 0.15) is 6.04 Å². The lowest BCUT2D eigenvalue weighted by molar-refractivity contribution is -0.133. The minimum absolute atomic E-state index is 0.0297. The van der Waals surface area contributed by atoms with E-state index in [2.05, 4.69) is 11.0 Å². The molecular formula is C25H28N4O3. The fraction of sp³-hybridized carbons (Fsp3) is 0.440. The number of imide groups is 1. The van der Waals surface area contributed by atoms with E-state index in [1.54, 1.807) is 12.1 Å². The minimum atomic E-state index is -0.295. The van der Waals surface area contributed by atoms with Gasteiger partial charge in [0, 0.05) is 55.7 Å². The first-order valence-corrected chi connectivity index (χ1v) is 11.2. The molecule has 2 aliphatic heterocycles. The summed E-state index contributed by atoms with van der Waals surface area (Å²) >= 11 is 0. The summed E-state index contributed by atoms with van der Waals surface area (Å²) in [5.41, 5.74) is 1.08. The number of hydrogen-bond acceptors (Lipinski definition) is 5. The zero-order valence-electron chi connectivity index (χ0n) is 18.6. The summed E-state index contributed by atoms with van der Waals surface area (Å²) in [6, 6.07) is 13.2. The molecule has 1 atom stereocenters. The van der Waals surface area contributed by atoms with Gasteiger partial charge in [-0.3, -0.25) is 24.2 Å². The molecule has 32 heavy (non-hydrogen) atoms. The van der Waals surface area contributed by atoms with Crippen LogP contribution in [0.1, 0.15) is 47.4 Å². The predicted molar refractivity (Wildman–Crippen MR) is 121 cm³/mol. The van der Waals surface area contributed by atoms with E-state index in [0.29, 0.717) is 49.1 Å². The molecule has 0 radical (unpaired) electrons. The molecule has 2 aliphatic rings. The van der Waals surface area contributed by atoms with Crippen molar-refractivity contribution >= 4 is 28.5 Å². The molecule has 0 saturated carbocycles. The highest BCUT2D eigenvalue weighted by molar-refractivity contribution is 6.25. The third kappa shape index (κ3) is 3.98. The van der Waals surface area contributed by atoms with Crippen molar-refractivity contribution in [2.45, 2.75) is 32.7 Å². The monoisotopic (exact) mass is 432 g/mol. The Morgan fingerprint density at radius 1 is 1.00 bits per heavy atom. The molecule has 3 amide bonds. The topological polar surface area (TPSA) is 84.7 Å². The fourth-order valence-electron chi connectivity index (χ4n) is 4.73. The summed E-state index contributed by atoms with van der Waals surface area (Å²) in [4.78, 5) is 43.8. The van der Waals surface area contributed by atoms with E-state index in [4.69, 9.17) is 0 Å². The Morgan fingerprint density at radius 3 is 2.12 bits per heavy atom. The van der Waals surface area contributed by atoms with E-state index in [-0.39, 0.29) is 42.6 Å². The average Bonchev–Trinajstić information content (AvgIpc) is 2.80. The summed E-state index contributed by atoms with van der Waals surface area (Å²) in [6.45, 7) is 6.86. The molecule has 1 saturated heterocycles. The van der Waals surface area contributed by atoms with Crippen LogP contribution in [0.25, 0.3) is 10.8 Å². The smallest absolute Gasteiger partial charge is 0.261 e. The highest BCUT2D eigenvalue weighted by Crippen LogP contribution is 2.30. The number of nitrogens with zero attached hydrogens (tertiary/aromatic N) is 4. The van der Waals surface area contributed by atoms with Crippen LogP contribution in [-0.2, 0) is 4.79 Å². The molecule has 7 nitrogen and oxygen atoms in total. The first-order valence-electron chi connectivity index (χ1n) is 11.2. The van der Waals surface area contributed by atoms with Crippen molar-refractivity contribution in [2.24, 2.45) is 5.92 Å². The average molecular weight is 433 g/mol. The number of carbonyl (C=O) groups is 3. The van der Waals surface area contributed by atoms with Crippen LogP contribution < -0.4 is 0 Å². The standard InChI is InChI=1S/C25H28N4O3/c1-17(2)21(16-26)27-12-14-28(15-13-27)22(30)10-5-11-29-24(31)19-8-3-6-18-7-4-9-20(23(18)19)25(29)32/h3-4,6-9,17,21H,5,10-15H2,1-2H3. The van der Waals surface area contributed by atoms with Crippen molar-refractivity contribution in [1.29, 1.82) is 5.26 Å². The second-order valence-corrected chi connectivity index (χ2v) is 8.81. The third-order valence-electron chi connectivity index (χ3n) is 6.45. The largest absolute Gasteiger partial charge is 0.340 e. The summed E-state index contributed by atoms with van der Waals surface area (Å²) in [5.74, 6) is -0.312. The van der Waals surface area contributed by atoms with Crippen molar-refractivity contribution < 1.29 is 14.4 Å². The molecular weight excluding hydrogens is 404 g/mol. The molecule has 4 rings (SSSR count). The van der Waals surface area contributed by atoms with Gasteiger partial charge >= 0.3 is 0 Å². The predicted octanol–water partition coefficient (Wildman–Crippen LogP) is 2.91. The molecule has 0 aromatic heterocycles. The van der Waals surface area contributed by atoms with Crippen LogP contribution in [-0.4, -0.2) is 71.2 Å². The first-order chi connectivity index (χ1) is 15.4. The molecule has 2 aromatic rings. The highest BCUT2D eigenvalue weighted by atomic mass is 16.2. The van der Waals surface area contributed by atoms with Crippen molar-refractivity contribution in [1.82, 2.24) is 14.7 Å². The van der Waals surface area contributed by atoms with Gasteiger partial charge in [-0.25, -0.2) is 0 Å². The summed E-state index contributed by atoms with van der Waals surface area (Å²) in [7, 11) is 0. The van der Waals surface area contributed by atoms with Crippen molar-refractivity contribution in [3.8, 4) is 6.07 Å². The quantitative estimate of drug-likeness (QED) is 0.656. The lowest BCUT2D eigenvalue weighted by atomic mass is 9.94. The molecule has 0 N–H and O–H groups in total. The number of benzene rings is 2. The van der Waals surface area contributed by atoms with E-state index in [9.17, 15) is 19.6 Å². The van der Waals surface area contributed by atoms with Crippen LogP contribution in [0, 0.1) is 17.2 Å². The molecule has 1 unspecified atom stereocenters. The van der Waals surface area contributed by atoms with Crippen LogP contribution in [0.3, 0.4) is 0 Å². The molecule has 166 valence electrons. The fourth-order valence-corrected chi connectivity index (χ4v) is 4.73. The third-order valence-corrected chi connectivity index (χ3v) is 6.45. The maximum Gasteiger partial charge on any atom is 0.261 e. The molecule has 7 heteroatoms. The summed E-state index contributed by atoms with van der Waals surface area (Å²) in [6.07, 6.45) is 0.719. The Kier molecular flexibility index (Phi) is 6.24. The van der Waals surface area contributed by atoms with Crippen molar-refractivity contribution in [2.75, 3.05) is 32.7 Å². The van der Waals surface area contributed by atoms with Gasteiger partial charge in [-0.05, 0) is 29.9 Å². The van der Waals surface area contributed by atoms with E-state index < -0.39 is 0 Å². The Hall–Kier alpha value is -3.24. The van der Waals surface area contributed by atoms with Crippen LogP contribution in [0.15, 0.2) is 36.4 Å². The number of piperazine rings is 1. The van der Waals surface area contributed by atoms with Gasteiger partial charge in [0.2, 0.25) is 5.91 Å². The minimum Gasteiger partial charge on any atom is -0.340 e. The van der Waals surface area contributed by atoms with Crippen molar-refractivity contribution in [3.63, 3.8) is 0 Å². The molecule has 0 aliphatic carbocycles.